The second kappa shape index (κ2) is 9.15. The summed E-state index contributed by atoms with van der Waals surface area (Å²) in [5, 5.41) is 1.71. The Kier molecular flexibility index (Phi) is 6.81. The van der Waals surface area contributed by atoms with E-state index in [0.29, 0.717) is 39.2 Å². The summed E-state index contributed by atoms with van der Waals surface area (Å²) in [7, 11) is -3.18. The summed E-state index contributed by atoms with van der Waals surface area (Å²) in [6.45, 7) is 4.54. The molecule has 1 aromatic heterocycles. The molecule has 0 saturated carbocycles. The number of benzene rings is 2. The Morgan fingerprint density at radius 1 is 1.16 bits per heavy atom. The van der Waals surface area contributed by atoms with Crippen LogP contribution in [0, 0.1) is 0 Å². The lowest BCUT2D eigenvalue weighted by atomic mass is 10.0. The van der Waals surface area contributed by atoms with Gasteiger partial charge >= 0.3 is 0 Å². The van der Waals surface area contributed by atoms with E-state index in [-0.39, 0.29) is 22.4 Å². The summed E-state index contributed by atoms with van der Waals surface area (Å²) in [6.07, 6.45) is 0.410. The van der Waals surface area contributed by atoms with Gasteiger partial charge in [-0.05, 0) is 35.6 Å². The lowest BCUT2D eigenvalue weighted by Gasteiger charge is -2.28. The van der Waals surface area contributed by atoms with Gasteiger partial charge in [0.25, 0.3) is 5.91 Å². The lowest BCUT2D eigenvalue weighted by molar-refractivity contribution is 0.0686. The van der Waals surface area contributed by atoms with Crippen LogP contribution in [0.4, 0.5) is 0 Å². The summed E-state index contributed by atoms with van der Waals surface area (Å²) < 4.78 is 25.1. The molecular formula is C23H22Cl3NO3S2. The van der Waals surface area contributed by atoms with E-state index in [1.807, 2.05) is 24.3 Å². The van der Waals surface area contributed by atoms with Crippen LogP contribution in [0.5, 0.6) is 0 Å². The smallest absolute Gasteiger partial charge is 0.266 e. The molecule has 0 radical (unpaired) electrons. The number of halogens is 3. The fourth-order valence-corrected chi connectivity index (χ4v) is 8.03. The van der Waals surface area contributed by atoms with Crippen LogP contribution in [-0.4, -0.2) is 36.8 Å². The topological polar surface area (TPSA) is 54.5 Å². The van der Waals surface area contributed by atoms with Crippen molar-refractivity contribution in [3.63, 3.8) is 0 Å². The molecule has 4 rings (SSSR count). The van der Waals surface area contributed by atoms with Crippen molar-refractivity contribution in [3.8, 4) is 0 Å². The van der Waals surface area contributed by atoms with Gasteiger partial charge in [0.05, 0.1) is 21.6 Å². The molecule has 0 bridgehead atoms. The molecule has 1 aliphatic rings. The molecule has 0 spiro atoms. The Labute approximate surface area is 207 Å². The van der Waals surface area contributed by atoms with Gasteiger partial charge in [0.2, 0.25) is 0 Å². The highest BCUT2D eigenvalue weighted by molar-refractivity contribution is 7.91. The Morgan fingerprint density at radius 3 is 2.44 bits per heavy atom. The first-order valence-electron chi connectivity index (χ1n) is 10.2. The number of thiophene rings is 1. The van der Waals surface area contributed by atoms with Crippen LogP contribution in [0.3, 0.4) is 0 Å². The highest BCUT2D eigenvalue weighted by Crippen LogP contribution is 2.42. The molecule has 9 heteroatoms. The molecule has 1 saturated heterocycles. The van der Waals surface area contributed by atoms with Crippen molar-refractivity contribution in [1.82, 2.24) is 4.90 Å². The van der Waals surface area contributed by atoms with Crippen molar-refractivity contribution >= 4 is 72.0 Å². The standard InChI is InChI=1S/C23H22Cl3NO3S2/c1-13(2)15-5-3-14(4-6-15)11-27(17-7-8-32(29,30)12-17)23(28)22-21(26)20-18(25)9-16(24)10-19(20)31-22/h3-6,9-10,13,17H,7-8,11-12H2,1-2H3/t17-/m1/s1. The number of sulfone groups is 1. The maximum absolute atomic E-state index is 13.7. The number of hydrogen-bond acceptors (Lipinski definition) is 4. The highest BCUT2D eigenvalue weighted by atomic mass is 35.5. The molecule has 0 N–H and O–H groups in total. The van der Waals surface area contributed by atoms with Crippen molar-refractivity contribution in [2.45, 2.75) is 38.8 Å². The van der Waals surface area contributed by atoms with Gasteiger partial charge in [-0.1, -0.05) is 72.9 Å². The molecule has 170 valence electrons. The first-order valence-corrected chi connectivity index (χ1v) is 14.0. The van der Waals surface area contributed by atoms with Crippen molar-refractivity contribution in [2.75, 3.05) is 11.5 Å². The van der Waals surface area contributed by atoms with Crippen LogP contribution in [0.15, 0.2) is 36.4 Å². The monoisotopic (exact) mass is 529 g/mol. The van der Waals surface area contributed by atoms with Crippen LogP contribution >= 0.6 is 46.1 Å². The normalized spacial score (nSPS) is 17.9. The first-order chi connectivity index (χ1) is 15.1. The molecule has 2 aromatic carbocycles. The number of nitrogens with zero attached hydrogens (tertiary/aromatic N) is 1. The maximum atomic E-state index is 13.7. The number of carbonyl (C=O) groups excluding carboxylic acids is 1. The Morgan fingerprint density at radius 2 is 1.84 bits per heavy atom. The van der Waals surface area contributed by atoms with E-state index in [9.17, 15) is 13.2 Å². The first kappa shape index (κ1) is 23.8. The Hall–Kier alpha value is -1.31. The minimum absolute atomic E-state index is 0.0437. The average Bonchev–Trinajstić information content (AvgIpc) is 3.25. The van der Waals surface area contributed by atoms with E-state index in [4.69, 9.17) is 34.8 Å². The van der Waals surface area contributed by atoms with Crippen LogP contribution in [-0.2, 0) is 16.4 Å². The molecule has 2 heterocycles. The molecule has 1 atom stereocenters. The van der Waals surface area contributed by atoms with Crippen molar-refractivity contribution in [2.24, 2.45) is 0 Å². The molecule has 4 nitrogen and oxygen atoms in total. The van der Waals surface area contributed by atoms with Crippen LogP contribution < -0.4 is 0 Å². The SMILES string of the molecule is CC(C)c1ccc(CN(C(=O)c2sc3cc(Cl)cc(Cl)c3c2Cl)[C@@H]2CCS(=O)(=O)C2)cc1. The van der Waals surface area contributed by atoms with Crippen molar-refractivity contribution in [3.05, 3.63) is 67.5 Å². The summed E-state index contributed by atoms with van der Waals surface area (Å²) in [5.74, 6) is 0.141. The molecule has 3 aromatic rings. The number of fused-ring (bicyclic) bond motifs is 1. The third-order valence-corrected chi connectivity index (χ3v) is 9.63. The van der Waals surface area contributed by atoms with Crippen LogP contribution in [0.25, 0.3) is 10.1 Å². The summed E-state index contributed by atoms with van der Waals surface area (Å²) >= 11 is 20.3. The van der Waals surface area contributed by atoms with Gasteiger partial charge in [-0.25, -0.2) is 8.42 Å². The third-order valence-electron chi connectivity index (χ3n) is 5.75. The predicted octanol–water partition coefficient (Wildman–Crippen LogP) is 6.81. The predicted molar refractivity (Wildman–Crippen MR) is 134 cm³/mol. The van der Waals surface area contributed by atoms with Gasteiger partial charge in [0, 0.05) is 27.7 Å². The molecule has 0 aliphatic carbocycles. The summed E-state index contributed by atoms with van der Waals surface area (Å²) in [6, 6.07) is 11.0. The zero-order chi connectivity index (χ0) is 23.2. The average molecular weight is 531 g/mol. The van der Waals surface area contributed by atoms with E-state index >= 15 is 0 Å². The zero-order valence-electron chi connectivity index (χ0n) is 17.6. The largest absolute Gasteiger partial charge is 0.330 e. The highest BCUT2D eigenvalue weighted by Gasteiger charge is 2.36. The number of hydrogen-bond donors (Lipinski definition) is 0. The molecule has 32 heavy (non-hydrogen) atoms. The second-order valence-electron chi connectivity index (χ2n) is 8.39. The number of carbonyl (C=O) groups is 1. The van der Waals surface area contributed by atoms with Gasteiger partial charge in [0.15, 0.2) is 9.84 Å². The zero-order valence-corrected chi connectivity index (χ0v) is 21.5. The van der Waals surface area contributed by atoms with Gasteiger partial charge < -0.3 is 4.90 Å². The van der Waals surface area contributed by atoms with Crippen LogP contribution in [0.2, 0.25) is 15.1 Å². The number of rotatable bonds is 5. The van der Waals surface area contributed by atoms with Gasteiger partial charge in [-0.15, -0.1) is 11.3 Å². The minimum Gasteiger partial charge on any atom is -0.330 e. The van der Waals surface area contributed by atoms with E-state index in [1.165, 1.54) is 16.9 Å². The van der Waals surface area contributed by atoms with E-state index in [2.05, 4.69) is 13.8 Å². The number of amides is 1. The minimum atomic E-state index is -3.18. The fraction of sp³-hybridized carbons (Fsp3) is 0.348. The van der Waals surface area contributed by atoms with Crippen LogP contribution in [0.1, 0.15) is 47.0 Å². The Bertz CT molecular complexity index is 1280. The quantitative estimate of drug-likeness (QED) is 0.364. The lowest BCUT2D eigenvalue weighted by Crippen LogP contribution is -2.40. The Balaban J connectivity index is 1.73. The molecule has 1 amide bonds. The molecule has 1 fully saturated rings. The summed E-state index contributed by atoms with van der Waals surface area (Å²) in [4.78, 5) is 15.7. The van der Waals surface area contributed by atoms with Gasteiger partial charge in [0.1, 0.15) is 4.88 Å². The second-order valence-corrected chi connectivity index (χ2v) is 12.9. The fourth-order valence-electron chi connectivity index (χ4n) is 3.97. The van der Waals surface area contributed by atoms with Crippen molar-refractivity contribution < 1.29 is 13.2 Å². The van der Waals surface area contributed by atoms with E-state index < -0.39 is 15.9 Å². The molecular weight excluding hydrogens is 509 g/mol. The van der Waals surface area contributed by atoms with E-state index in [1.54, 1.807) is 17.0 Å². The maximum Gasteiger partial charge on any atom is 0.266 e. The third kappa shape index (κ3) is 4.80. The van der Waals surface area contributed by atoms with Gasteiger partial charge in [-0.3, -0.25) is 4.79 Å². The summed E-state index contributed by atoms with van der Waals surface area (Å²) in [5.41, 5.74) is 2.14. The van der Waals surface area contributed by atoms with Crippen molar-refractivity contribution in [1.29, 1.82) is 0 Å². The molecule has 1 aliphatic heterocycles. The molecule has 0 unspecified atom stereocenters. The van der Waals surface area contributed by atoms with Gasteiger partial charge in [-0.2, -0.15) is 0 Å². The van der Waals surface area contributed by atoms with E-state index in [0.717, 1.165) is 10.3 Å².